The van der Waals surface area contributed by atoms with Gasteiger partial charge in [-0.15, -0.1) is 0 Å². The van der Waals surface area contributed by atoms with Crippen LogP contribution in [0, 0.1) is 0 Å². The van der Waals surface area contributed by atoms with Gasteiger partial charge in [0.05, 0.1) is 11.1 Å². The number of nitrogens with zero attached hydrogens (tertiary/aromatic N) is 1. The summed E-state index contributed by atoms with van der Waals surface area (Å²) in [6.07, 6.45) is -4.62. The number of carboxylic acids is 1. The van der Waals surface area contributed by atoms with Gasteiger partial charge in [0.2, 0.25) is 0 Å². The minimum Gasteiger partial charge on any atom is -0.478 e. The molecule has 1 heterocycles. The summed E-state index contributed by atoms with van der Waals surface area (Å²) >= 11 is 5.76. The van der Waals surface area contributed by atoms with Crippen LogP contribution in [0.3, 0.4) is 0 Å². The van der Waals surface area contributed by atoms with Crippen LogP contribution in [0.1, 0.15) is 27.2 Å². The number of hydrogen-bond donors (Lipinski definition) is 2. The number of carboxylic acid groups (broad SMARTS) is 1. The lowest BCUT2D eigenvalue weighted by molar-refractivity contribution is -0.138. The zero-order valence-corrected chi connectivity index (χ0v) is 16.5. The topological polar surface area (TPSA) is 62.5 Å². The van der Waals surface area contributed by atoms with Crippen LogP contribution in [-0.2, 0) is 19.1 Å². The fourth-order valence-corrected chi connectivity index (χ4v) is 3.52. The predicted molar refractivity (Wildman–Crippen MR) is 110 cm³/mol. The van der Waals surface area contributed by atoms with E-state index in [1.165, 1.54) is 24.3 Å². The van der Waals surface area contributed by atoms with E-state index in [4.69, 9.17) is 11.6 Å². The van der Waals surface area contributed by atoms with Crippen molar-refractivity contribution in [2.75, 3.05) is 0 Å². The van der Waals surface area contributed by atoms with E-state index in [0.717, 1.165) is 6.07 Å². The number of hydrogen-bond acceptors (Lipinski definition) is 2. The van der Waals surface area contributed by atoms with Gasteiger partial charge in [-0.2, -0.15) is 13.2 Å². The molecule has 150 valence electrons. The van der Waals surface area contributed by atoms with E-state index in [2.05, 4.69) is 0 Å². The van der Waals surface area contributed by atoms with Gasteiger partial charge < -0.3 is 14.8 Å². The quantitative estimate of drug-likeness (QED) is 0.623. The third-order valence-electron chi connectivity index (χ3n) is 4.53. The van der Waals surface area contributed by atoms with Crippen LogP contribution in [0.25, 0.3) is 10.9 Å². The Kier molecular flexibility index (Phi) is 5.49. The lowest BCUT2D eigenvalue weighted by Gasteiger charge is -2.22. The van der Waals surface area contributed by atoms with Crippen LogP contribution >= 0.6 is 11.6 Å². The zero-order chi connectivity index (χ0) is 21.6. The molecule has 3 aromatic rings. The molecule has 0 aliphatic heterocycles. The average Bonchev–Trinajstić information content (AvgIpc) is 2.90. The van der Waals surface area contributed by atoms with E-state index in [1.54, 1.807) is 32.4 Å². The van der Waals surface area contributed by atoms with Crippen molar-refractivity contribution in [1.29, 1.82) is 0 Å². The number of alkyl halides is 3. The normalized spacial score (nSPS) is 12.4. The first-order valence-corrected chi connectivity index (χ1v) is 9.16. The number of rotatable bonds is 5. The Labute approximate surface area is 171 Å². The van der Waals surface area contributed by atoms with Crippen LogP contribution in [0.2, 0.25) is 5.02 Å². The lowest BCUT2D eigenvalue weighted by atomic mass is 9.65. The molecule has 0 radical (unpaired) electrons. The maximum Gasteiger partial charge on any atom is 0.416 e. The standard InChI is InChI=1S/C19H17B2ClF3NO3/c20-18(21,29)9-26-14(7-12-5-11(17(27)28)2-4-16(12)26)6-10-1-3-13(22)8-15(10)19(23,24)25/h1-5,7-8,29H,6,9,20-21H2,(H,27,28). The van der Waals surface area contributed by atoms with Crippen molar-refractivity contribution >= 4 is 44.2 Å². The van der Waals surface area contributed by atoms with E-state index >= 15 is 0 Å². The summed E-state index contributed by atoms with van der Waals surface area (Å²) in [6.45, 7) is 0.132. The SMILES string of the molecule is BC(B)(O)Cn1c(Cc2ccc(Cl)cc2C(F)(F)F)cc2cc(C(=O)O)ccc21. The summed E-state index contributed by atoms with van der Waals surface area (Å²) in [5.41, 5.74) is 0.454. The highest BCUT2D eigenvalue weighted by atomic mass is 35.5. The first kappa shape index (κ1) is 21.3. The van der Waals surface area contributed by atoms with Gasteiger partial charge in [0.15, 0.2) is 0 Å². The Balaban J connectivity index is 2.16. The molecule has 2 N–H and O–H groups in total. The Hall–Kier alpha value is -2.38. The van der Waals surface area contributed by atoms with Crippen LogP contribution in [0.5, 0.6) is 0 Å². The molecule has 0 atom stereocenters. The maximum absolute atomic E-state index is 13.5. The molecule has 0 aliphatic carbocycles. The van der Waals surface area contributed by atoms with Gasteiger partial charge >= 0.3 is 12.1 Å². The highest BCUT2D eigenvalue weighted by Gasteiger charge is 2.34. The summed E-state index contributed by atoms with van der Waals surface area (Å²) in [5.74, 6) is -1.10. The number of fused-ring (bicyclic) bond motifs is 1. The van der Waals surface area contributed by atoms with E-state index < -0.39 is 23.1 Å². The van der Waals surface area contributed by atoms with Crippen LogP contribution in [0.4, 0.5) is 13.2 Å². The third-order valence-corrected chi connectivity index (χ3v) is 4.76. The summed E-state index contributed by atoms with van der Waals surface area (Å²) < 4.78 is 42.2. The first-order chi connectivity index (χ1) is 13.3. The Morgan fingerprint density at radius 1 is 1.10 bits per heavy atom. The molecule has 3 rings (SSSR count). The van der Waals surface area contributed by atoms with Crippen LogP contribution in [-0.4, -0.2) is 41.8 Å². The Bertz CT molecular complexity index is 1090. The number of aliphatic hydroxyl groups is 1. The van der Waals surface area contributed by atoms with Gasteiger partial charge in [-0.3, -0.25) is 0 Å². The van der Waals surface area contributed by atoms with Gasteiger partial charge in [-0.05, 0) is 42.0 Å². The summed E-state index contributed by atoms with van der Waals surface area (Å²) in [5, 5.41) is 18.9. The van der Waals surface area contributed by atoms with Crippen molar-refractivity contribution in [3.8, 4) is 0 Å². The molecule has 0 fully saturated rings. The first-order valence-electron chi connectivity index (χ1n) is 8.78. The lowest BCUT2D eigenvalue weighted by Crippen LogP contribution is -2.35. The molecule has 10 heteroatoms. The number of aromatic nitrogens is 1. The second-order valence-corrected chi connectivity index (χ2v) is 8.03. The van der Waals surface area contributed by atoms with E-state index in [1.807, 2.05) is 0 Å². The monoisotopic (exact) mass is 421 g/mol. The molecule has 4 nitrogen and oxygen atoms in total. The molecule has 29 heavy (non-hydrogen) atoms. The second-order valence-electron chi connectivity index (χ2n) is 7.59. The predicted octanol–water partition coefficient (Wildman–Crippen LogP) is 2.51. The Morgan fingerprint density at radius 3 is 2.38 bits per heavy atom. The molecule has 0 saturated heterocycles. The Morgan fingerprint density at radius 2 is 1.79 bits per heavy atom. The molecule has 0 aliphatic rings. The highest BCUT2D eigenvalue weighted by molar-refractivity contribution is 6.38. The maximum atomic E-state index is 13.5. The smallest absolute Gasteiger partial charge is 0.416 e. The van der Waals surface area contributed by atoms with E-state index in [-0.39, 0.29) is 29.1 Å². The molecule has 0 amide bonds. The molecular formula is C19H17B2ClF3NO3. The average molecular weight is 421 g/mol. The van der Waals surface area contributed by atoms with E-state index in [0.29, 0.717) is 16.6 Å². The molecule has 1 aromatic heterocycles. The van der Waals surface area contributed by atoms with Crippen molar-refractivity contribution in [2.24, 2.45) is 0 Å². The summed E-state index contributed by atoms with van der Waals surface area (Å²) in [4.78, 5) is 11.3. The molecule has 0 saturated carbocycles. The fourth-order valence-electron chi connectivity index (χ4n) is 3.34. The minimum atomic E-state index is -4.57. The van der Waals surface area contributed by atoms with Crippen molar-refractivity contribution in [3.63, 3.8) is 0 Å². The molecule has 0 spiro atoms. The number of benzene rings is 2. The van der Waals surface area contributed by atoms with Crippen molar-refractivity contribution in [1.82, 2.24) is 4.57 Å². The highest BCUT2D eigenvalue weighted by Crippen LogP contribution is 2.35. The van der Waals surface area contributed by atoms with Crippen LogP contribution < -0.4 is 0 Å². The minimum absolute atomic E-state index is 0.00999. The molecule has 2 aromatic carbocycles. The van der Waals surface area contributed by atoms with Crippen molar-refractivity contribution in [2.45, 2.75) is 24.5 Å². The second kappa shape index (κ2) is 7.46. The van der Waals surface area contributed by atoms with Crippen LogP contribution in [0.15, 0.2) is 42.5 Å². The largest absolute Gasteiger partial charge is 0.478 e. The summed E-state index contributed by atoms with van der Waals surface area (Å²) in [7, 11) is 3.19. The van der Waals surface area contributed by atoms with E-state index in [9.17, 15) is 28.2 Å². The molecular weight excluding hydrogens is 404 g/mol. The third kappa shape index (κ3) is 4.79. The van der Waals surface area contributed by atoms with Gasteiger partial charge in [0, 0.05) is 40.0 Å². The van der Waals surface area contributed by atoms with Crippen molar-refractivity contribution in [3.05, 3.63) is 69.9 Å². The summed E-state index contributed by atoms with van der Waals surface area (Å²) in [6, 6.07) is 9.77. The molecule has 0 bridgehead atoms. The van der Waals surface area contributed by atoms with Gasteiger partial charge in [0.1, 0.15) is 15.7 Å². The van der Waals surface area contributed by atoms with Gasteiger partial charge in [0.25, 0.3) is 0 Å². The number of aromatic carboxylic acids is 1. The zero-order valence-electron chi connectivity index (χ0n) is 15.7. The molecule has 0 unspecified atom stereocenters. The number of carbonyl (C=O) groups is 1. The fraction of sp³-hybridized carbons (Fsp3) is 0.211. The van der Waals surface area contributed by atoms with Gasteiger partial charge in [-0.1, -0.05) is 17.7 Å². The number of halogens is 4. The van der Waals surface area contributed by atoms with Crippen molar-refractivity contribution < 1.29 is 28.2 Å². The van der Waals surface area contributed by atoms with Gasteiger partial charge in [-0.25, -0.2) is 4.79 Å².